The van der Waals surface area contributed by atoms with E-state index in [2.05, 4.69) is 41.1 Å². The van der Waals surface area contributed by atoms with Gasteiger partial charge in [0.1, 0.15) is 0 Å². The smallest absolute Gasteiger partial charge is 0.0178 e. The quantitative estimate of drug-likeness (QED) is 0.861. The van der Waals surface area contributed by atoms with Crippen LogP contribution < -0.4 is 5.73 Å². The van der Waals surface area contributed by atoms with Crippen molar-refractivity contribution >= 4 is 15.9 Å². The molecule has 1 unspecified atom stereocenters. The fourth-order valence-electron chi connectivity index (χ4n) is 1.53. The molecule has 0 saturated carbocycles. The zero-order valence-electron chi connectivity index (χ0n) is 7.96. The first-order valence-electron chi connectivity index (χ1n) is 4.73. The molecular weight excluding hydrogens is 226 g/mol. The van der Waals surface area contributed by atoms with Gasteiger partial charge in [-0.25, -0.2) is 0 Å². The molecule has 0 radical (unpaired) electrons. The van der Waals surface area contributed by atoms with Gasteiger partial charge in [-0.1, -0.05) is 41.4 Å². The van der Waals surface area contributed by atoms with E-state index in [1.165, 1.54) is 18.4 Å². The van der Waals surface area contributed by atoms with Gasteiger partial charge in [0.25, 0.3) is 0 Å². The second-order valence-corrected chi connectivity index (χ2v) is 4.19. The molecular formula is C11H16BrN. The highest BCUT2D eigenvalue weighted by atomic mass is 79.9. The predicted octanol–water partition coefficient (Wildman–Crippen LogP) is 3.29. The highest BCUT2D eigenvalue weighted by Gasteiger charge is 2.07. The molecule has 0 amide bonds. The van der Waals surface area contributed by atoms with Crippen molar-refractivity contribution in [3.05, 3.63) is 34.3 Å². The fraction of sp³-hybridized carbons (Fsp3) is 0.455. The van der Waals surface area contributed by atoms with Crippen LogP contribution in [0.2, 0.25) is 0 Å². The highest BCUT2D eigenvalue weighted by Crippen LogP contribution is 2.22. The maximum atomic E-state index is 5.73. The zero-order valence-corrected chi connectivity index (χ0v) is 9.55. The van der Waals surface area contributed by atoms with Crippen molar-refractivity contribution in [2.24, 2.45) is 5.73 Å². The third-order valence-corrected chi connectivity index (χ3v) is 2.73. The van der Waals surface area contributed by atoms with Crippen molar-refractivity contribution in [1.82, 2.24) is 0 Å². The number of hydrogen-bond donors (Lipinski definition) is 1. The first-order valence-corrected chi connectivity index (χ1v) is 5.52. The zero-order chi connectivity index (χ0) is 9.68. The molecule has 0 spiro atoms. The molecule has 13 heavy (non-hydrogen) atoms. The van der Waals surface area contributed by atoms with Crippen LogP contribution in [0.25, 0.3) is 0 Å². The molecule has 1 aromatic carbocycles. The average molecular weight is 242 g/mol. The lowest BCUT2D eigenvalue weighted by Gasteiger charge is -2.13. The minimum Gasteiger partial charge on any atom is -0.330 e. The van der Waals surface area contributed by atoms with E-state index in [0.717, 1.165) is 11.0 Å². The SMILES string of the molecule is CCCC(CN)c1cccc(Br)c1. The van der Waals surface area contributed by atoms with Gasteiger partial charge in [0.2, 0.25) is 0 Å². The summed E-state index contributed by atoms with van der Waals surface area (Å²) in [5.74, 6) is 0.516. The number of nitrogens with two attached hydrogens (primary N) is 1. The molecule has 2 N–H and O–H groups in total. The second-order valence-electron chi connectivity index (χ2n) is 3.28. The normalized spacial score (nSPS) is 12.8. The Morgan fingerprint density at radius 1 is 1.46 bits per heavy atom. The lowest BCUT2D eigenvalue weighted by molar-refractivity contribution is 0.622. The van der Waals surface area contributed by atoms with Crippen molar-refractivity contribution in [2.45, 2.75) is 25.7 Å². The van der Waals surface area contributed by atoms with Crippen LogP contribution in [-0.2, 0) is 0 Å². The van der Waals surface area contributed by atoms with Gasteiger partial charge < -0.3 is 5.73 Å². The first-order chi connectivity index (χ1) is 6.27. The number of benzene rings is 1. The third-order valence-electron chi connectivity index (χ3n) is 2.24. The molecule has 1 nitrogen and oxygen atoms in total. The molecule has 0 bridgehead atoms. The summed E-state index contributed by atoms with van der Waals surface area (Å²) in [4.78, 5) is 0. The monoisotopic (exact) mass is 241 g/mol. The summed E-state index contributed by atoms with van der Waals surface area (Å²) in [6.45, 7) is 2.94. The van der Waals surface area contributed by atoms with Crippen molar-refractivity contribution in [2.75, 3.05) is 6.54 Å². The summed E-state index contributed by atoms with van der Waals surface area (Å²) >= 11 is 3.47. The number of halogens is 1. The molecule has 1 aromatic rings. The number of rotatable bonds is 4. The summed E-state index contributed by atoms with van der Waals surface area (Å²) in [5, 5.41) is 0. The van der Waals surface area contributed by atoms with Gasteiger partial charge in [-0.15, -0.1) is 0 Å². The maximum Gasteiger partial charge on any atom is 0.0178 e. The molecule has 1 atom stereocenters. The van der Waals surface area contributed by atoms with E-state index in [9.17, 15) is 0 Å². The maximum absolute atomic E-state index is 5.73. The average Bonchev–Trinajstić information content (AvgIpc) is 2.14. The topological polar surface area (TPSA) is 26.0 Å². The van der Waals surface area contributed by atoms with Crippen molar-refractivity contribution in [3.8, 4) is 0 Å². The van der Waals surface area contributed by atoms with Crippen LogP contribution >= 0.6 is 15.9 Å². The van der Waals surface area contributed by atoms with Gasteiger partial charge in [0.05, 0.1) is 0 Å². The predicted molar refractivity (Wildman–Crippen MR) is 60.8 cm³/mol. The Bertz CT molecular complexity index is 260. The van der Waals surface area contributed by atoms with Gasteiger partial charge in [0, 0.05) is 4.47 Å². The number of hydrogen-bond acceptors (Lipinski definition) is 1. The van der Waals surface area contributed by atoms with Crippen LogP contribution in [0, 0.1) is 0 Å². The lowest BCUT2D eigenvalue weighted by atomic mass is 9.95. The second kappa shape index (κ2) is 5.40. The van der Waals surface area contributed by atoms with Gasteiger partial charge in [-0.3, -0.25) is 0 Å². The molecule has 0 aliphatic heterocycles. The molecule has 2 heteroatoms. The Morgan fingerprint density at radius 2 is 2.23 bits per heavy atom. The highest BCUT2D eigenvalue weighted by molar-refractivity contribution is 9.10. The summed E-state index contributed by atoms with van der Waals surface area (Å²) in [5.41, 5.74) is 7.07. The van der Waals surface area contributed by atoms with Gasteiger partial charge in [-0.2, -0.15) is 0 Å². The van der Waals surface area contributed by atoms with E-state index in [0.29, 0.717) is 5.92 Å². The van der Waals surface area contributed by atoms with Crippen LogP contribution in [0.1, 0.15) is 31.2 Å². The van der Waals surface area contributed by atoms with Gasteiger partial charge in [-0.05, 0) is 36.6 Å². The molecule has 0 heterocycles. The van der Waals surface area contributed by atoms with Crippen molar-refractivity contribution < 1.29 is 0 Å². The standard InChI is InChI=1S/C11H16BrN/c1-2-4-10(8-13)9-5-3-6-11(12)7-9/h3,5-7,10H,2,4,8,13H2,1H3. The van der Waals surface area contributed by atoms with Crippen LogP contribution in [-0.4, -0.2) is 6.54 Å². The molecule has 0 saturated heterocycles. The molecule has 0 fully saturated rings. The van der Waals surface area contributed by atoms with Crippen LogP contribution in [0.4, 0.5) is 0 Å². The molecule has 0 aromatic heterocycles. The van der Waals surface area contributed by atoms with Gasteiger partial charge in [0.15, 0.2) is 0 Å². The van der Waals surface area contributed by atoms with E-state index >= 15 is 0 Å². The lowest BCUT2D eigenvalue weighted by Crippen LogP contribution is -2.12. The first kappa shape index (κ1) is 10.7. The van der Waals surface area contributed by atoms with E-state index in [4.69, 9.17) is 5.73 Å². The van der Waals surface area contributed by atoms with Gasteiger partial charge >= 0.3 is 0 Å². The summed E-state index contributed by atoms with van der Waals surface area (Å²) in [6, 6.07) is 8.42. The van der Waals surface area contributed by atoms with E-state index in [1.807, 2.05) is 6.07 Å². The van der Waals surface area contributed by atoms with E-state index in [1.54, 1.807) is 0 Å². The molecule has 72 valence electrons. The largest absolute Gasteiger partial charge is 0.330 e. The molecule has 0 aliphatic rings. The Hall–Kier alpha value is -0.340. The van der Waals surface area contributed by atoms with Crippen molar-refractivity contribution in [1.29, 1.82) is 0 Å². The summed E-state index contributed by atoms with van der Waals surface area (Å²) < 4.78 is 1.14. The van der Waals surface area contributed by atoms with Crippen LogP contribution in [0.5, 0.6) is 0 Å². The summed E-state index contributed by atoms with van der Waals surface area (Å²) in [7, 11) is 0. The third kappa shape index (κ3) is 3.12. The van der Waals surface area contributed by atoms with E-state index < -0.39 is 0 Å². The fourth-order valence-corrected chi connectivity index (χ4v) is 1.95. The Labute approximate surface area is 88.5 Å². The molecule has 1 rings (SSSR count). The van der Waals surface area contributed by atoms with Crippen molar-refractivity contribution in [3.63, 3.8) is 0 Å². The Kier molecular flexibility index (Phi) is 4.46. The molecule has 0 aliphatic carbocycles. The Balaban J connectivity index is 2.78. The Morgan fingerprint density at radius 3 is 2.77 bits per heavy atom. The minimum absolute atomic E-state index is 0.516. The minimum atomic E-state index is 0.516. The summed E-state index contributed by atoms with van der Waals surface area (Å²) in [6.07, 6.45) is 2.36. The van der Waals surface area contributed by atoms with Crippen LogP contribution in [0.15, 0.2) is 28.7 Å². The van der Waals surface area contributed by atoms with Crippen LogP contribution in [0.3, 0.4) is 0 Å². The van der Waals surface area contributed by atoms with E-state index in [-0.39, 0.29) is 0 Å².